The summed E-state index contributed by atoms with van der Waals surface area (Å²) in [6.45, 7) is 0. The third-order valence-corrected chi connectivity index (χ3v) is 11.0. The highest BCUT2D eigenvalue weighted by atomic mass is 15.2. The molecule has 12 rings (SSSR count). The maximum atomic E-state index is 5.54. The first-order valence-electron chi connectivity index (χ1n) is 17.8. The van der Waals surface area contributed by atoms with Crippen LogP contribution < -0.4 is 0 Å². The molecule has 0 saturated carbocycles. The van der Waals surface area contributed by atoms with Crippen LogP contribution in [0, 0.1) is 0 Å². The average Bonchev–Trinajstić information content (AvgIpc) is 3.70. The molecule has 52 heavy (non-hydrogen) atoms. The lowest BCUT2D eigenvalue weighted by molar-refractivity contribution is 1.02. The predicted octanol–water partition coefficient (Wildman–Crippen LogP) is 12.4. The van der Waals surface area contributed by atoms with Crippen molar-refractivity contribution in [3.05, 3.63) is 170 Å². The first kappa shape index (κ1) is 27.7. The molecule has 12 aromatic rings. The summed E-state index contributed by atoms with van der Waals surface area (Å²) in [5.74, 6) is 0.662. The zero-order valence-corrected chi connectivity index (χ0v) is 28.0. The van der Waals surface area contributed by atoms with E-state index in [0.717, 1.165) is 38.6 Å². The van der Waals surface area contributed by atoms with Crippen molar-refractivity contribution in [2.24, 2.45) is 0 Å². The van der Waals surface area contributed by atoms with Crippen LogP contribution in [0.4, 0.5) is 0 Å². The maximum Gasteiger partial charge on any atom is 0.235 e. The molecular weight excluding hydrogens is 633 g/mol. The molecule has 0 aliphatic heterocycles. The lowest BCUT2D eigenvalue weighted by Gasteiger charge is -2.16. The Morgan fingerprint density at radius 1 is 0.365 bits per heavy atom. The Balaban J connectivity index is 1.28. The van der Waals surface area contributed by atoms with Gasteiger partial charge in [-0.2, -0.15) is 0 Å². The molecule has 0 bridgehead atoms. The number of hydrogen-bond acceptors (Lipinski definition) is 2. The first-order valence-corrected chi connectivity index (χ1v) is 17.8. The highest BCUT2D eigenvalue weighted by molar-refractivity contribution is 6.31. The van der Waals surface area contributed by atoms with Crippen molar-refractivity contribution in [1.29, 1.82) is 0 Å². The number of hydrogen-bond donors (Lipinski definition) is 0. The molecule has 0 fully saturated rings. The molecule has 0 N–H and O–H groups in total. The molecule has 0 aliphatic rings. The minimum absolute atomic E-state index is 0.662. The number of benzene rings is 8. The van der Waals surface area contributed by atoms with E-state index in [9.17, 15) is 0 Å². The smallest absolute Gasteiger partial charge is 0.235 e. The summed E-state index contributed by atoms with van der Waals surface area (Å²) in [5, 5.41) is 10.7. The molecule has 0 saturated heterocycles. The predicted molar refractivity (Wildman–Crippen MR) is 217 cm³/mol. The van der Waals surface area contributed by atoms with E-state index in [1.807, 2.05) is 0 Å². The van der Waals surface area contributed by atoms with Crippen molar-refractivity contribution in [2.75, 3.05) is 0 Å². The first-order chi connectivity index (χ1) is 25.8. The van der Waals surface area contributed by atoms with Crippen LogP contribution in [0.2, 0.25) is 0 Å². The number of rotatable bonds is 3. The highest BCUT2D eigenvalue weighted by Gasteiger charge is 2.24. The summed E-state index contributed by atoms with van der Waals surface area (Å²) in [5.41, 5.74) is 11.1. The van der Waals surface area contributed by atoms with Crippen molar-refractivity contribution < 1.29 is 0 Å². The lowest BCUT2D eigenvalue weighted by atomic mass is 9.94. The normalized spacial score (nSPS) is 12.2. The Hall–Kier alpha value is -7.04. The quantitative estimate of drug-likeness (QED) is 0.177. The van der Waals surface area contributed by atoms with Crippen molar-refractivity contribution in [3.8, 4) is 28.3 Å². The van der Waals surface area contributed by atoms with Gasteiger partial charge < -0.3 is 4.40 Å². The molecule has 4 heteroatoms. The van der Waals surface area contributed by atoms with Gasteiger partial charge >= 0.3 is 0 Å². The van der Waals surface area contributed by atoms with E-state index in [0.29, 0.717) is 5.95 Å². The van der Waals surface area contributed by atoms with Gasteiger partial charge in [0.1, 0.15) is 0 Å². The summed E-state index contributed by atoms with van der Waals surface area (Å²) in [6.07, 6.45) is 0. The minimum atomic E-state index is 0.662. The fourth-order valence-corrected chi connectivity index (χ4v) is 8.92. The van der Waals surface area contributed by atoms with Gasteiger partial charge in [0.2, 0.25) is 5.95 Å². The molecule has 0 radical (unpaired) electrons. The lowest BCUT2D eigenvalue weighted by Crippen LogP contribution is -2.04. The van der Waals surface area contributed by atoms with Crippen molar-refractivity contribution in [2.45, 2.75) is 0 Å². The number of para-hydroxylation sites is 2. The Bertz CT molecular complexity index is 3390. The van der Waals surface area contributed by atoms with E-state index < -0.39 is 0 Å². The van der Waals surface area contributed by atoms with Crippen LogP contribution in [-0.2, 0) is 0 Å². The van der Waals surface area contributed by atoms with Crippen LogP contribution in [0.5, 0.6) is 0 Å². The number of aromatic nitrogens is 4. The van der Waals surface area contributed by atoms with Gasteiger partial charge in [0, 0.05) is 43.3 Å². The Morgan fingerprint density at radius 2 is 0.923 bits per heavy atom. The molecular formula is C48H28N4. The highest BCUT2D eigenvalue weighted by Crippen LogP contribution is 2.45. The number of nitrogens with zero attached hydrogens (tertiary/aromatic N) is 4. The van der Waals surface area contributed by atoms with Gasteiger partial charge in [-0.25, -0.2) is 9.97 Å². The molecule has 4 nitrogen and oxygen atoms in total. The van der Waals surface area contributed by atoms with Crippen LogP contribution >= 0.6 is 0 Å². The Labute approximate surface area is 297 Å². The van der Waals surface area contributed by atoms with E-state index in [-0.39, 0.29) is 0 Å². The summed E-state index contributed by atoms with van der Waals surface area (Å²) in [6, 6.07) is 61.0. The molecule has 0 atom stereocenters. The van der Waals surface area contributed by atoms with Gasteiger partial charge in [-0.15, -0.1) is 0 Å². The topological polar surface area (TPSA) is 35.1 Å². The minimum Gasteiger partial charge on any atom is -0.308 e. The van der Waals surface area contributed by atoms with Gasteiger partial charge in [0.05, 0.1) is 38.8 Å². The van der Waals surface area contributed by atoms with Gasteiger partial charge in [0.15, 0.2) is 0 Å². The summed E-state index contributed by atoms with van der Waals surface area (Å²) in [4.78, 5) is 11.1. The number of fused-ring (bicyclic) bond motifs is 8. The fourth-order valence-electron chi connectivity index (χ4n) is 8.92. The molecule has 0 aliphatic carbocycles. The molecule has 4 aromatic heterocycles. The second-order valence-corrected chi connectivity index (χ2v) is 13.7. The molecule has 8 aromatic carbocycles. The van der Waals surface area contributed by atoms with E-state index >= 15 is 0 Å². The second kappa shape index (κ2) is 10.3. The van der Waals surface area contributed by atoms with Crippen LogP contribution in [0.25, 0.3) is 110 Å². The molecule has 4 heterocycles. The fraction of sp³-hybridized carbons (Fsp3) is 0. The molecule has 240 valence electrons. The Morgan fingerprint density at radius 3 is 1.73 bits per heavy atom. The summed E-state index contributed by atoms with van der Waals surface area (Å²) in [7, 11) is 0. The third-order valence-electron chi connectivity index (χ3n) is 11.0. The average molecular weight is 661 g/mol. The van der Waals surface area contributed by atoms with Crippen molar-refractivity contribution >= 4 is 81.6 Å². The maximum absolute atomic E-state index is 5.54. The molecule has 0 unspecified atom stereocenters. The van der Waals surface area contributed by atoms with Crippen LogP contribution in [0.15, 0.2) is 170 Å². The van der Waals surface area contributed by atoms with Gasteiger partial charge in [-0.1, -0.05) is 140 Å². The van der Waals surface area contributed by atoms with Gasteiger partial charge in [-0.05, 0) is 52.2 Å². The Kier molecular flexibility index (Phi) is 5.47. The largest absolute Gasteiger partial charge is 0.308 e. The van der Waals surface area contributed by atoms with E-state index in [2.05, 4.69) is 179 Å². The van der Waals surface area contributed by atoms with Crippen LogP contribution in [-0.4, -0.2) is 18.9 Å². The van der Waals surface area contributed by atoms with Crippen molar-refractivity contribution in [3.63, 3.8) is 0 Å². The van der Waals surface area contributed by atoms with Crippen LogP contribution in [0.1, 0.15) is 0 Å². The summed E-state index contributed by atoms with van der Waals surface area (Å²) >= 11 is 0. The van der Waals surface area contributed by atoms with E-state index in [1.165, 1.54) is 65.4 Å². The zero-order valence-electron chi connectivity index (χ0n) is 28.0. The SMILES string of the molecule is c1ccc(-c2cc3c(-c4ccccc4)nc(-n4c5cccc6c7cccc8c9ccccc9n(c9cccc4c9c65)c78)nc3c3ccccc23)cc1. The monoisotopic (exact) mass is 660 g/mol. The van der Waals surface area contributed by atoms with E-state index in [1.54, 1.807) is 0 Å². The van der Waals surface area contributed by atoms with E-state index in [4.69, 9.17) is 9.97 Å². The zero-order chi connectivity index (χ0) is 33.9. The molecule has 0 spiro atoms. The van der Waals surface area contributed by atoms with Crippen molar-refractivity contribution in [1.82, 2.24) is 18.9 Å². The van der Waals surface area contributed by atoms with Crippen LogP contribution in [0.3, 0.4) is 0 Å². The summed E-state index contributed by atoms with van der Waals surface area (Å²) < 4.78 is 4.77. The van der Waals surface area contributed by atoms with Gasteiger partial charge in [-0.3, -0.25) is 4.57 Å². The standard InChI is InChI=1S/C48H28N4/c1-3-14-29(15-4-1)37-28-38-45(30-16-5-2-6-17-30)49-48(50-46(38)34-20-8-7-18-31(34)37)52-40-25-12-21-33-36-23-11-22-35-32-19-9-10-24-39(32)51(47(35)36)41-26-13-27-42(52)44(41)43(33)40/h1-28H. The molecule has 0 amide bonds. The second-order valence-electron chi connectivity index (χ2n) is 13.7. The van der Waals surface area contributed by atoms with Gasteiger partial charge in [0.25, 0.3) is 0 Å². The third kappa shape index (κ3) is 3.60.